The van der Waals surface area contributed by atoms with Crippen LogP contribution >= 0.6 is 0 Å². The molecule has 17 heavy (non-hydrogen) atoms. The Kier molecular flexibility index (Phi) is 3.67. The van der Waals surface area contributed by atoms with Crippen molar-refractivity contribution in [3.63, 3.8) is 0 Å². The Balaban J connectivity index is 0.000000514. The normalized spacial score (nSPS) is 20.9. The average Bonchev–Trinajstić information content (AvgIpc) is 2.26. The maximum Gasteiger partial charge on any atom is 0.0529 e. The first kappa shape index (κ1) is 12.4. The summed E-state index contributed by atoms with van der Waals surface area (Å²) in [5.74, 6) is 0. The minimum Gasteiger partial charge on any atom is -0.381 e. The highest BCUT2D eigenvalue weighted by Crippen LogP contribution is 2.45. The molecule has 1 aromatic rings. The summed E-state index contributed by atoms with van der Waals surface area (Å²) < 4.78 is 0. The Hall–Kier alpha value is -1.09. The van der Waals surface area contributed by atoms with Gasteiger partial charge in [0.25, 0.3) is 0 Å². The maximum absolute atomic E-state index is 4.29. The molecule has 3 nitrogen and oxygen atoms in total. The van der Waals surface area contributed by atoms with E-state index in [2.05, 4.69) is 27.8 Å². The highest BCUT2D eigenvalue weighted by atomic mass is 15.0. The van der Waals surface area contributed by atoms with E-state index in [1.807, 2.05) is 27.0 Å². The topological polar surface area (TPSA) is 37.0 Å². The molecule has 3 rings (SSSR count). The van der Waals surface area contributed by atoms with E-state index in [9.17, 15) is 0 Å². The Bertz CT molecular complexity index is 346. The average molecular weight is 233 g/mol. The lowest BCUT2D eigenvalue weighted by atomic mass is 9.61. The van der Waals surface area contributed by atoms with Crippen LogP contribution < -0.4 is 10.6 Å². The van der Waals surface area contributed by atoms with Crippen LogP contribution in [0.3, 0.4) is 0 Å². The summed E-state index contributed by atoms with van der Waals surface area (Å²) in [7, 11) is 0. The lowest BCUT2D eigenvalue weighted by Crippen LogP contribution is -2.63. The van der Waals surface area contributed by atoms with Gasteiger partial charge in [-0.2, -0.15) is 0 Å². The molecule has 94 valence electrons. The van der Waals surface area contributed by atoms with Crippen LogP contribution in [0.2, 0.25) is 0 Å². The molecule has 2 aliphatic rings. The van der Waals surface area contributed by atoms with Gasteiger partial charge >= 0.3 is 0 Å². The number of rotatable bonds is 2. The summed E-state index contributed by atoms with van der Waals surface area (Å²) in [6.45, 7) is 8.46. The highest BCUT2D eigenvalue weighted by molar-refractivity contribution is 5.43. The fourth-order valence-corrected chi connectivity index (χ4v) is 2.64. The summed E-state index contributed by atoms with van der Waals surface area (Å²) in [5, 5.41) is 6.89. The van der Waals surface area contributed by atoms with E-state index >= 15 is 0 Å². The van der Waals surface area contributed by atoms with Crippen molar-refractivity contribution in [2.24, 2.45) is 5.41 Å². The lowest BCUT2D eigenvalue weighted by molar-refractivity contribution is 0.0470. The van der Waals surface area contributed by atoms with Crippen molar-refractivity contribution in [1.29, 1.82) is 0 Å². The van der Waals surface area contributed by atoms with E-state index in [-0.39, 0.29) is 0 Å². The standard InChI is InChI=1S/C12H17N3.C2H6/c1-9-2-3-10(6-14-9)15-11-4-12(5-11)7-13-8-12;1-2/h2-3,6,11,13,15H,4-5,7-8H2,1H3;1-2H3. The zero-order valence-electron chi connectivity index (χ0n) is 11.1. The number of hydrogen-bond acceptors (Lipinski definition) is 3. The molecule has 0 aromatic carbocycles. The Morgan fingerprint density at radius 2 is 2.00 bits per heavy atom. The van der Waals surface area contributed by atoms with E-state index in [1.165, 1.54) is 25.9 Å². The molecule has 0 amide bonds. The molecule has 2 N–H and O–H groups in total. The molecule has 2 fully saturated rings. The molecule has 1 saturated carbocycles. The largest absolute Gasteiger partial charge is 0.381 e. The summed E-state index contributed by atoms with van der Waals surface area (Å²) in [6, 6.07) is 4.84. The first-order valence-corrected chi connectivity index (χ1v) is 6.66. The van der Waals surface area contributed by atoms with Crippen molar-refractivity contribution in [3.05, 3.63) is 24.0 Å². The number of aryl methyl sites for hydroxylation is 1. The molecule has 1 saturated heterocycles. The number of anilines is 1. The van der Waals surface area contributed by atoms with Crippen molar-refractivity contribution < 1.29 is 0 Å². The molecular weight excluding hydrogens is 210 g/mol. The van der Waals surface area contributed by atoms with Gasteiger partial charge in [0.15, 0.2) is 0 Å². The van der Waals surface area contributed by atoms with Crippen molar-refractivity contribution in [2.75, 3.05) is 18.4 Å². The van der Waals surface area contributed by atoms with Gasteiger partial charge in [-0.25, -0.2) is 0 Å². The fraction of sp³-hybridized carbons (Fsp3) is 0.643. The van der Waals surface area contributed by atoms with Gasteiger partial charge in [-0.05, 0) is 37.3 Å². The zero-order valence-corrected chi connectivity index (χ0v) is 11.1. The van der Waals surface area contributed by atoms with Crippen molar-refractivity contribution >= 4 is 5.69 Å². The van der Waals surface area contributed by atoms with Gasteiger partial charge in [0.05, 0.1) is 11.9 Å². The van der Waals surface area contributed by atoms with Gasteiger partial charge in [0.1, 0.15) is 0 Å². The van der Waals surface area contributed by atoms with E-state index in [1.54, 1.807) is 0 Å². The summed E-state index contributed by atoms with van der Waals surface area (Å²) in [5.41, 5.74) is 2.89. The Labute approximate surface area is 104 Å². The molecule has 0 unspecified atom stereocenters. The Morgan fingerprint density at radius 3 is 2.47 bits per heavy atom. The second kappa shape index (κ2) is 5.05. The number of hydrogen-bond donors (Lipinski definition) is 2. The van der Waals surface area contributed by atoms with Crippen molar-refractivity contribution in [2.45, 2.75) is 39.7 Å². The number of aromatic nitrogens is 1. The van der Waals surface area contributed by atoms with Crippen LogP contribution in [-0.4, -0.2) is 24.1 Å². The van der Waals surface area contributed by atoms with Gasteiger partial charge in [-0.1, -0.05) is 13.8 Å². The van der Waals surface area contributed by atoms with Crippen LogP contribution in [0.5, 0.6) is 0 Å². The summed E-state index contributed by atoms with van der Waals surface area (Å²) >= 11 is 0. The second-order valence-electron chi connectivity index (χ2n) is 5.04. The molecule has 0 bridgehead atoms. The first-order valence-electron chi connectivity index (χ1n) is 6.66. The molecule has 3 heteroatoms. The van der Waals surface area contributed by atoms with Crippen molar-refractivity contribution in [1.82, 2.24) is 10.3 Å². The Morgan fingerprint density at radius 1 is 1.29 bits per heavy atom. The molecule has 2 heterocycles. The quantitative estimate of drug-likeness (QED) is 0.824. The molecule has 0 atom stereocenters. The minimum absolute atomic E-state index is 0.649. The third-order valence-corrected chi connectivity index (χ3v) is 3.64. The van der Waals surface area contributed by atoms with Crippen LogP contribution in [0.4, 0.5) is 5.69 Å². The second-order valence-corrected chi connectivity index (χ2v) is 5.04. The van der Waals surface area contributed by atoms with Crippen LogP contribution in [0, 0.1) is 12.3 Å². The van der Waals surface area contributed by atoms with Gasteiger partial charge < -0.3 is 10.6 Å². The third kappa shape index (κ3) is 2.60. The summed E-state index contributed by atoms with van der Waals surface area (Å²) in [6.07, 6.45) is 4.56. The predicted molar refractivity (Wildman–Crippen MR) is 72.3 cm³/mol. The van der Waals surface area contributed by atoms with Crippen LogP contribution in [0.15, 0.2) is 18.3 Å². The number of nitrogens with zero attached hydrogens (tertiary/aromatic N) is 1. The fourth-order valence-electron chi connectivity index (χ4n) is 2.64. The summed E-state index contributed by atoms with van der Waals surface area (Å²) in [4.78, 5) is 4.29. The molecule has 1 aliphatic heterocycles. The van der Waals surface area contributed by atoms with E-state index in [4.69, 9.17) is 0 Å². The molecule has 1 spiro atoms. The predicted octanol–water partition coefficient (Wildman–Crippen LogP) is 2.58. The number of nitrogens with one attached hydrogen (secondary N) is 2. The highest BCUT2D eigenvalue weighted by Gasteiger charge is 2.48. The third-order valence-electron chi connectivity index (χ3n) is 3.64. The minimum atomic E-state index is 0.649. The monoisotopic (exact) mass is 233 g/mol. The lowest BCUT2D eigenvalue weighted by Gasteiger charge is -2.54. The van der Waals surface area contributed by atoms with Gasteiger partial charge in [0.2, 0.25) is 0 Å². The smallest absolute Gasteiger partial charge is 0.0529 e. The van der Waals surface area contributed by atoms with Gasteiger partial charge in [0, 0.05) is 24.8 Å². The molecule has 1 aliphatic carbocycles. The van der Waals surface area contributed by atoms with E-state index in [0.717, 1.165) is 11.4 Å². The van der Waals surface area contributed by atoms with E-state index in [0.29, 0.717) is 11.5 Å². The van der Waals surface area contributed by atoms with Crippen LogP contribution in [0.25, 0.3) is 0 Å². The van der Waals surface area contributed by atoms with Crippen molar-refractivity contribution in [3.8, 4) is 0 Å². The first-order chi connectivity index (χ1) is 8.26. The zero-order chi connectivity index (χ0) is 12.3. The SMILES string of the molecule is CC.Cc1ccc(NC2CC3(CNC3)C2)cn1. The molecular formula is C14H23N3. The molecule has 1 aromatic heterocycles. The molecule has 0 radical (unpaired) electrons. The maximum atomic E-state index is 4.29. The van der Waals surface area contributed by atoms with Crippen LogP contribution in [-0.2, 0) is 0 Å². The number of pyridine rings is 1. The van der Waals surface area contributed by atoms with Gasteiger partial charge in [-0.3, -0.25) is 4.98 Å². The van der Waals surface area contributed by atoms with Crippen LogP contribution in [0.1, 0.15) is 32.4 Å². The van der Waals surface area contributed by atoms with Gasteiger partial charge in [-0.15, -0.1) is 0 Å². The van der Waals surface area contributed by atoms with E-state index < -0.39 is 0 Å².